The van der Waals surface area contributed by atoms with E-state index in [4.69, 9.17) is 44.3 Å². The van der Waals surface area contributed by atoms with E-state index in [2.05, 4.69) is 4.99 Å². The summed E-state index contributed by atoms with van der Waals surface area (Å²) in [7, 11) is 0. The monoisotopic (exact) mass is 507 g/mol. The van der Waals surface area contributed by atoms with Crippen molar-refractivity contribution in [2.24, 2.45) is 4.99 Å². The summed E-state index contributed by atoms with van der Waals surface area (Å²) in [5.41, 5.74) is 0.0307. The first-order chi connectivity index (χ1) is 15.8. The number of nitrogens with zero attached hydrogens (tertiary/aromatic N) is 1. The molecule has 0 aliphatic heterocycles. The summed E-state index contributed by atoms with van der Waals surface area (Å²) in [6.07, 6.45) is 1.12. The van der Waals surface area contributed by atoms with Gasteiger partial charge in [0.15, 0.2) is 0 Å². The minimum Gasteiger partial charge on any atom is -0.506 e. The Balaban J connectivity index is 1.88. The molecule has 0 spiro atoms. The molecule has 1 N–H and O–H groups in total. The Morgan fingerprint density at radius 3 is 2.21 bits per heavy atom. The first-order valence-corrected chi connectivity index (χ1v) is 10.7. The predicted octanol–water partition coefficient (Wildman–Crippen LogP) is 7.81. The molecule has 0 fully saturated rings. The van der Waals surface area contributed by atoms with Crippen molar-refractivity contribution in [3.63, 3.8) is 0 Å². The Hall–Kier alpha value is -3.06. The largest absolute Gasteiger partial charge is 0.506 e. The van der Waals surface area contributed by atoms with E-state index in [1.54, 1.807) is 55.5 Å². The Kier molecular flexibility index (Phi) is 8.33. The molecular weight excluding hydrogens is 492 g/mol. The van der Waals surface area contributed by atoms with Crippen LogP contribution < -0.4 is 4.74 Å². The molecule has 0 aromatic heterocycles. The van der Waals surface area contributed by atoms with Crippen LogP contribution in [-0.4, -0.2) is 23.9 Å². The number of benzene rings is 3. The van der Waals surface area contributed by atoms with Gasteiger partial charge >= 0.3 is 5.97 Å². The van der Waals surface area contributed by atoms with Crippen LogP contribution in [0.4, 0.5) is 10.1 Å². The molecule has 0 saturated carbocycles. The van der Waals surface area contributed by atoms with E-state index in [1.807, 2.05) is 0 Å². The molecule has 5 nitrogen and oxygen atoms in total. The molecule has 0 radical (unpaired) electrons. The van der Waals surface area contributed by atoms with Gasteiger partial charge in [-0.25, -0.2) is 9.18 Å². The Morgan fingerprint density at radius 2 is 1.61 bits per heavy atom. The highest BCUT2D eigenvalue weighted by molar-refractivity contribution is 6.36. The van der Waals surface area contributed by atoms with Gasteiger partial charge in [0.25, 0.3) is 0 Å². The smallest absolute Gasteiger partial charge is 0.343 e. The van der Waals surface area contributed by atoms with Crippen molar-refractivity contribution in [3.05, 3.63) is 92.7 Å². The number of aliphatic imine (C=N–C) groups is 1. The van der Waals surface area contributed by atoms with Gasteiger partial charge in [-0.15, -0.1) is 0 Å². The van der Waals surface area contributed by atoms with Crippen LogP contribution in [0.1, 0.15) is 12.5 Å². The lowest BCUT2D eigenvalue weighted by molar-refractivity contribution is -0.137. The molecule has 3 aromatic rings. The highest BCUT2D eigenvalue weighted by Crippen LogP contribution is 2.30. The molecule has 0 aliphatic rings. The zero-order valence-corrected chi connectivity index (χ0v) is 19.5. The third-order valence-corrected chi connectivity index (χ3v) is 5.10. The van der Waals surface area contributed by atoms with E-state index in [-0.39, 0.29) is 27.8 Å². The maximum Gasteiger partial charge on any atom is 0.343 e. The predicted molar refractivity (Wildman–Crippen MR) is 129 cm³/mol. The van der Waals surface area contributed by atoms with E-state index in [0.717, 1.165) is 18.3 Å². The van der Waals surface area contributed by atoms with Crippen LogP contribution in [0.25, 0.3) is 5.76 Å². The minimum absolute atomic E-state index is 0.0437. The van der Waals surface area contributed by atoms with Gasteiger partial charge in [-0.05, 0) is 67.6 Å². The second-order valence-electron chi connectivity index (χ2n) is 6.54. The van der Waals surface area contributed by atoms with Gasteiger partial charge in [-0.1, -0.05) is 34.8 Å². The molecule has 0 amide bonds. The van der Waals surface area contributed by atoms with Crippen LogP contribution in [0.15, 0.2) is 71.2 Å². The zero-order valence-electron chi connectivity index (χ0n) is 17.2. The van der Waals surface area contributed by atoms with Crippen LogP contribution in [0.5, 0.6) is 11.5 Å². The first-order valence-electron chi connectivity index (χ1n) is 9.61. The van der Waals surface area contributed by atoms with Gasteiger partial charge < -0.3 is 14.6 Å². The molecule has 33 heavy (non-hydrogen) atoms. The van der Waals surface area contributed by atoms with Crippen LogP contribution >= 0.6 is 34.8 Å². The van der Waals surface area contributed by atoms with Crippen molar-refractivity contribution in [2.45, 2.75) is 6.92 Å². The van der Waals surface area contributed by atoms with Crippen LogP contribution in [-0.2, 0) is 9.53 Å². The van der Waals surface area contributed by atoms with Crippen molar-refractivity contribution in [1.29, 1.82) is 0 Å². The fourth-order valence-electron chi connectivity index (χ4n) is 2.65. The third kappa shape index (κ3) is 6.48. The number of hydrogen-bond donors (Lipinski definition) is 1. The number of halogens is 4. The molecule has 0 unspecified atom stereocenters. The lowest BCUT2D eigenvalue weighted by atomic mass is 10.1. The molecule has 0 aliphatic carbocycles. The number of ether oxygens (including phenoxy) is 2. The van der Waals surface area contributed by atoms with Gasteiger partial charge in [0.05, 0.1) is 22.3 Å². The Labute approximate surface area is 204 Å². The summed E-state index contributed by atoms with van der Waals surface area (Å²) >= 11 is 17.6. The number of carbonyl (C=O) groups excluding carboxylic acids is 1. The number of rotatable bonds is 7. The van der Waals surface area contributed by atoms with Crippen LogP contribution in [0.3, 0.4) is 0 Å². The average Bonchev–Trinajstić information content (AvgIpc) is 2.79. The second-order valence-corrected chi connectivity index (χ2v) is 7.79. The van der Waals surface area contributed by atoms with Gasteiger partial charge in [-0.3, -0.25) is 4.99 Å². The first kappa shape index (κ1) is 24.6. The maximum absolute atomic E-state index is 13.9. The fraction of sp³-hybridized carbons (Fsp3) is 0.0833. The van der Waals surface area contributed by atoms with E-state index < -0.39 is 17.5 Å². The summed E-state index contributed by atoms with van der Waals surface area (Å²) in [5, 5.41) is 11.0. The van der Waals surface area contributed by atoms with Crippen molar-refractivity contribution in [1.82, 2.24) is 0 Å². The lowest BCUT2D eigenvalue weighted by Crippen LogP contribution is -2.11. The third-order valence-electron chi connectivity index (χ3n) is 4.24. The minimum atomic E-state index is -0.854. The summed E-state index contributed by atoms with van der Waals surface area (Å²) in [5.74, 6) is -1.09. The van der Waals surface area contributed by atoms with E-state index in [1.165, 1.54) is 0 Å². The highest BCUT2D eigenvalue weighted by Gasteiger charge is 2.20. The zero-order chi connectivity index (χ0) is 24.0. The van der Waals surface area contributed by atoms with E-state index in [9.17, 15) is 14.3 Å². The molecule has 0 saturated heterocycles. The average molecular weight is 509 g/mol. The number of aliphatic hydroxyl groups is 1. The van der Waals surface area contributed by atoms with Crippen molar-refractivity contribution >= 4 is 58.4 Å². The summed E-state index contributed by atoms with van der Waals surface area (Å²) < 4.78 is 24.6. The van der Waals surface area contributed by atoms with Gasteiger partial charge in [0.1, 0.15) is 28.6 Å². The van der Waals surface area contributed by atoms with Gasteiger partial charge in [-0.2, -0.15) is 0 Å². The highest BCUT2D eigenvalue weighted by atomic mass is 35.5. The molecule has 9 heteroatoms. The molecular formula is C24H17Cl3FNO4. The van der Waals surface area contributed by atoms with Crippen molar-refractivity contribution in [3.8, 4) is 11.5 Å². The Bertz CT molecular complexity index is 1210. The summed E-state index contributed by atoms with van der Waals surface area (Å²) in [6, 6.07) is 15.6. The molecule has 3 aromatic carbocycles. The summed E-state index contributed by atoms with van der Waals surface area (Å²) in [6.45, 7) is 1.67. The normalized spacial score (nSPS) is 11.9. The number of hydrogen-bond acceptors (Lipinski definition) is 5. The van der Waals surface area contributed by atoms with Gasteiger partial charge in [0, 0.05) is 16.8 Å². The fourth-order valence-corrected chi connectivity index (χ4v) is 3.25. The number of carbonyl (C=O) groups is 1. The molecule has 170 valence electrons. The van der Waals surface area contributed by atoms with E-state index in [0.29, 0.717) is 22.2 Å². The van der Waals surface area contributed by atoms with Crippen LogP contribution in [0, 0.1) is 5.82 Å². The van der Waals surface area contributed by atoms with Crippen molar-refractivity contribution < 1.29 is 23.8 Å². The van der Waals surface area contributed by atoms with Crippen molar-refractivity contribution in [2.75, 3.05) is 6.61 Å². The number of esters is 1. The lowest BCUT2D eigenvalue weighted by Gasteiger charge is -2.09. The van der Waals surface area contributed by atoms with Crippen LogP contribution in [0.2, 0.25) is 15.1 Å². The summed E-state index contributed by atoms with van der Waals surface area (Å²) in [4.78, 5) is 16.6. The Morgan fingerprint density at radius 1 is 1.00 bits per heavy atom. The molecule has 0 bridgehead atoms. The topological polar surface area (TPSA) is 68.1 Å². The molecule has 3 rings (SSSR count). The standard InChI is InChI=1S/C24H17Cl3FNO4/c1-2-32-24(31)19(23(30)18-11-22(28)21(27)12-20(18)26)13-29-15-5-9-17(10-6-15)33-16-7-3-14(25)4-8-16/h3-13,30H,2H2,1H3. The van der Waals surface area contributed by atoms with E-state index >= 15 is 0 Å². The quantitative estimate of drug-likeness (QED) is 0.116. The number of aliphatic hydroxyl groups excluding tert-OH is 1. The second kappa shape index (κ2) is 11.2. The maximum atomic E-state index is 13.9. The van der Waals surface area contributed by atoms with Gasteiger partial charge in [0.2, 0.25) is 0 Å². The molecule has 0 atom stereocenters. The SMILES string of the molecule is CCOC(=O)C(C=Nc1ccc(Oc2ccc(Cl)cc2)cc1)=C(O)c1cc(F)c(Cl)cc1Cl. The molecule has 0 heterocycles.